The molecule has 10 atom stereocenters. The van der Waals surface area contributed by atoms with Gasteiger partial charge in [0.25, 0.3) is 0 Å². The maximum absolute atomic E-state index is 13.9. The monoisotopic (exact) mass is 451 g/mol. The van der Waals surface area contributed by atoms with Crippen molar-refractivity contribution in [3.05, 3.63) is 60.2 Å². The average Bonchev–Trinajstić information content (AvgIpc) is 3.37. The quantitative estimate of drug-likeness (QED) is 0.475. The molecule has 1 amide bonds. The van der Waals surface area contributed by atoms with E-state index in [1.165, 1.54) is 5.56 Å². The molecule has 2 aliphatic carbocycles. The van der Waals surface area contributed by atoms with E-state index in [0.717, 1.165) is 6.42 Å². The van der Waals surface area contributed by atoms with Crippen molar-refractivity contribution in [2.45, 2.75) is 76.4 Å². The van der Waals surface area contributed by atoms with Crippen molar-refractivity contribution in [3.63, 3.8) is 0 Å². The third kappa shape index (κ3) is 3.51. The van der Waals surface area contributed by atoms with Gasteiger partial charge in [0, 0.05) is 17.9 Å². The number of benzene rings is 1. The minimum absolute atomic E-state index is 0.0902. The lowest BCUT2D eigenvalue weighted by molar-refractivity contribution is -0.142. The van der Waals surface area contributed by atoms with Crippen LogP contribution in [0, 0.1) is 29.1 Å². The largest absolute Gasteiger partial charge is 0.388 e. The van der Waals surface area contributed by atoms with Crippen molar-refractivity contribution in [3.8, 4) is 0 Å². The number of carbonyl (C=O) groups is 1. The van der Waals surface area contributed by atoms with Crippen LogP contribution in [0.5, 0.6) is 0 Å². The highest BCUT2D eigenvalue weighted by molar-refractivity contribution is 5.88. The van der Waals surface area contributed by atoms with Crippen molar-refractivity contribution in [1.82, 2.24) is 5.32 Å². The SMILES string of the molecule is C[C@H]1C/C=C\[C@H]2[C@@H]3O[C@]3(C)[C@@H](C)[C@H]3[C@H](Cc4ccccc4)NC(=O)[C@]32[C@H](O)/C=C\[C@](C)(O)C1. The van der Waals surface area contributed by atoms with Crippen molar-refractivity contribution >= 4 is 5.91 Å². The number of hydrogen-bond donors (Lipinski definition) is 3. The second-order valence-corrected chi connectivity index (χ2v) is 11.4. The van der Waals surface area contributed by atoms with Crippen LogP contribution in [0.2, 0.25) is 0 Å². The Morgan fingerprint density at radius 2 is 1.88 bits per heavy atom. The number of nitrogens with one attached hydrogen (secondary N) is 1. The number of rotatable bonds is 2. The summed E-state index contributed by atoms with van der Waals surface area (Å²) >= 11 is 0. The molecule has 0 bridgehead atoms. The van der Waals surface area contributed by atoms with Crippen LogP contribution in [0.25, 0.3) is 0 Å². The first-order valence-corrected chi connectivity index (χ1v) is 12.4. The van der Waals surface area contributed by atoms with Crippen LogP contribution >= 0.6 is 0 Å². The van der Waals surface area contributed by atoms with Crippen molar-refractivity contribution < 1.29 is 19.7 Å². The Morgan fingerprint density at radius 1 is 1.15 bits per heavy atom. The molecule has 2 heterocycles. The lowest BCUT2D eigenvalue weighted by Gasteiger charge is -2.48. The molecule has 5 heteroatoms. The van der Waals surface area contributed by atoms with Crippen LogP contribution in [0.1, 0.15) is 46.1 Å². The summed E-state index contributed by atoms with van der Waals surface area (Å²) in [5.74, 6) is -0.0603. The molecule has 1 aromatic carbocycles. The van der Waals surface area contributed by atoms with Crippen molar-refractivity contribution in [1.29, 1.82) is 0 Å². The maximum Gasteiger partial charge on any atom is 0.230 e. The maximum atomic E-state index is 13.9. The Kier molecular flexibility index (Phi) is 5.39. The summed E-state index contributed by atoms with van der Waals surface area (Å²) < 4.78 is 6.33. The summed E-state index contributed by atoms with van der Waals surface area (Å²) in [4.78, 5) is 13.9. The van der Waals surface area contributed by atoms with Gasteiger partial charge < -0.3 is 20.3 Å². The van der Waals surface area contributed by atoms with E-state index in [1.807, 2.05) is 18.2 Å². The number of hydrogen-bond acceptors (Lipinski definition) is 4. The van der Waals surface area contributed by atoms with Gasteiger partial charge in [-0.25, -0.2) is 0 Å². The molecule has 33 heavy (non-hydrogen) atoms. The van der Waals surface area contributed by atoms with Crippen molar-refractivity contribution in [2.75, 3.05) is 0 Å². The number of aliphatic hydroxyl groups excluding tert-OH is 1. The van der Waals surface area contributed by atoms with Gasteiger partial charge in [-0.3, -0.25) is 4.79 Å². The van der Waals surface area contributed by atoms with Crippen LogP contribution in [0.4, 0.5) is 0 Å². The molecule has 0 unspecified atom stereocenters. The standard InChI is InChI=1S/C28H37NO4/c1-17-9-8-12-20-24-27(4,33-24)18(2)23-21(15-19-10-6-5-7-11-19)29-25(31)28(20,23)22(30)13-14-26(3,32)16-17/h5-8,10-14,17-18,20-24,30,32H,9,15-16H2,1-4H3,(H,29,31)/b12-8-,14-13-/t17-,18-,20-,21-,22+,23-,24-,26-,27+,28+/m0/s1. The molecule has 0 radical (unpaired) electrons. The Labute approximate surface area is 196 Å². The topological polar surface area (TPSA) is 82.1 Å². The third-order valence-corrected chi connectivity index (χ3v) is 8.97. The van der Waals surface area contributed by atoms with Gasteiger partial charge >= 0.3 is 0 Å². The van der Waals surface area contributed by atoms with Crippen LogP contribution in [-0.4, -0.2) is 45.6 Å². The lowest BCUT2D eigenvalue weighted by atomic mass is 9.51. The number of amides is 1. The van der Waals surface area contributed by atoms with E-state index in [-0.39, 0.29) is 47.3 Å². The minimum atomic E-state index is -1.04. The Morgan fingerprint density at radius 3 is 2.61 bits per heavy atom. The fourth-order valence-corrected chi connectivity index (χ4v) is 7.25. The van der Waals surface area contributed by atoms with E-state index in [2.05, 4.69) is 50.4 Å². The molecule has 0 aromatic heterocycles. The molecular weight excluding hydrogens is 414 g/mol. The highest BCUT2D eigenvalue weighted by atomic mass is 16.6. The molecule has 1 aromatic rings. The number of epoxide rings is 1. The molecule has 5 rings (SSSR count). The fourth-order valence-electron chi connectivity index (χ4n) is 7.25. The minimum Gasteiger partial charge on any atom is -0.388 e. The predicted molar refractivity (Wildman–Crippen MR) is 127 cm³/mol. The zero-order valence-electron chi connectivity index (χ0n) is 20.1. The lowest BCUT2D eigenvalue weighted by Crippen LogP contribution is -2.59. The molecule has 2 aliphatic heterocycles. The average molecular weight is 452 g/mol. The molecule has 1 saturated carbocycles. The van der Waals surface area contributed by atoms with Gasteiger partial charge in [0.1, 0.15) is 0 Å². The van der Waals surface area contributed by atoms with Crippen LogP contribution < -0.4 is 5.32 Å². The van der Waals surface area contributed by atoms with Crippen LogP contribution in [-0.2, 0) is 16.0 Å². The summed E-state index contributed by atoms with van der Waals surface area (Å²) in [7, 11) is 0. The van der Waals surface area contributed by atoms with Crippen molar-refractivity contribution in [2.24, 2.45) is 29.1 Å². The summed E-state index contributed by atoms with van der Waals surface area (Å²) in [6, 6.07) is 10.1. The Bertz CT molecular complexity index is 971. The summed E-state index contributed by atoms with van der Waals surface area (Å²) in [5, 5.41) is 25.9. The first kappa shape index (κ1) is 22.8. The van der Waals surface area contributed by atoms with E-state index in [9.17, 15) is 15.0 Å². The highest BCUT2D eigenvalue weighted by Gasteiger charge is 2.77. The van der Waals surface area contributed by atoms with Gasteiger partial charge in [-0.2, -0.15) is 0 Å². The normalized spacial score (nSPS) is 50.7. The second-order valence-electron chi connectivity index (χ2n) is 11.4. The second kappa shape index (κ2) is 7.79. The predicted octanol–water partition coefficient (Wildman–Crippen LogP) is 3.41. The van der Waals surface area contributed by atoms with Crippen LogP contribution in [0.3, 0.4) is 0 Å². The number of carbonyl (C=O) groups excluding carboxylic acids is 1. The first-order chi connectivity index (χ1) is 15.6. The number of aliphatic hydroxyl groups is 2. The van der Waals surface area contributed by atoms with Gasteiger partial charge in [-0.15, -0.1) is 0 Å². The van der Waals surface area contributed by atoms with E-state index < -0.39 is 17.1 Å². The van der Waals surface area contributed by atoms with Crippen LogP contribution in [0.15, 0.2) is 54.6 Å². The summed E-state index contributed by atoms with van der Waals surface area (Å²) in [6.07, 6.45) is 8.65. The van der Waals surface area contributed by atoms with E-state index in [4.69, 9.17) is 4.74 Å². The number of allylic oxidation sites excluding steroid dienone is 1. The Hall–Kier alpha value is -1.95. The van der Waals surface area contributed by atoms with Gasteiger partial charge in [0.05, 0.1) is 28.8 Å². The third-order valence-electron chi connectivity index (χ3n) is 8.97. The smallest absolute Gasteiger partial charge is 0.230 e. The van der Waals surface area contributed by atoms with Gasteiger partial charge in [0.2, 0.25) is 5.91 Å². The molecule has 5 nitrogen and oxygen atoms in total. The first-order valence-electron chi connectivity index (χ1n) is 12.4. The van der Waals surface area contributed by atoms with E-state index in [1.54, 1.807) is 19.1 Å². The Balaban J connectivity index is 1.63. The zero-order chi connectivity index (χ0) is 23.6. The molecule has 178 valence electrons. The summed E-state index contributed by atoms with van der Waals surface area (Å²) in [5.41, 5.74) is -1.20. The summed E-state index contributed by atoms with van der Waals surface area (Å²) in [6.45, 7) is 8.23. The number of fused-ring (bicyclic) bond motifs is 2. The van der Waals surface area contributed by atoms with Gasteiger partial charge in [-0.05, 0) is 50.5 Å². The van der Waals surface area contributed by atoms with E-state index >= 15 is 0 Å². The molecule has 4 aliphatic rings. The molecule has 3 N–H and O–H groups in total. The highest BCUT2D eigenvalue weighted by Crippen LogP contribution is 2.66. The fraction of sp³-hybridized carbons (Fsp3) is 0.607. The molecule has 2 saturated heterocycles. The van der Waals surface area contributed by atoms with E-state index in [0.29, 0.717) is 12.8 Å². The molecule has 1 spiro atoms. The van der Waals surface area contributed by atoms with Gasteiger partial charge in [-0.1, -0.05) is 68.5 Å². The molecule has 3 fully saturated rings. The number of ether oxygens (including phenoxy) is 1. The molecular formula is C28H37NO4. The van der Waals surface area contributed by atoms with Gasteiger partial charge in [0.15, 0.2) is 0 Å². The zero-order valence-corrected chi connectivity index (χ0v) is 20.1.